The number of benzene rings is 1. The van der Waals surface area contributed by atoms with Crippen LogP contribution in [0.5, 0.6) is 0 Å². The number of amides is 1. The van der Waals surface area contributed by atoms with Crippen molar-refractivity contribution in [2.45, 2.75) is 57.5 Å². The molecule has 0 aliphatic carbocycles. The number of piperidine rings is 1. The Morgan fingerprint density at radius 2 is 2.07 bits per heavy atom. The summed E-state index contributed by atoms with van der Waals surface area (Å²) < 4.78 is 1.86. The first-order chi connectivity index (χ1) is 14.1. The Bertz CT molecular complexity index is 1030. The van der Waals surface area contributed by atoms with Gasteiger partial charge in [0, 0.05) is 30.5 Å². The van der Waals surface area contributed by atoms with E-state index in [9.17, 15) is 4.79 Å². The first kappa shape index (κ1) is 20.0. The standard InChI is InChI=1S/C23H28N4OS/c1-4-19-7-5-6-11-26(19)22(28)15-29-23-21-14-20(25-27(21)12-10-24-23)18-9-8-16(2)17(3)13-18/h8-10,12-14,19H,4-7,11,15H2,1-3H3/t19-/m0/s1. The molecule has 1 saturated heterocycles. The highest BCUT2D eigenvalue weighted by Crippen LogP contribution is 2.28. The third-order valence-corrected chi connectivity index (χ3v) is 6.89. The van der Waals surface area contributed by atoms with E-state index < -0.39 is 0 Å². The van der Waals surface area contributed by atoms with Gasteiger partial charge < -0.3 is 4.90 Å². The first-order valence-electron chi connectivity index (χ1n) is 10.4. The summed E-state index contributed by atoms with van der Waals surface area (Å²) in [6.07, 6.45) is 8.13. The number of likely N-dealkylation sites (tertiary alicyclic amines) is 1. The molecule has 0 unspecified atom stereocenters. The van der Waals surface area contributed by atoms with Crippen molar-refractivity contribution in [2.24, 2.45) is 0 Å². The maximum absolute atomic E-state index is 12.8. The number of hydrogen-bond acceptors (Lipinski definition) is 4. The van der Waals surface area contributed by atoms with Crippen molar-refractivity contribution >= 4 is 23.2 Å². The zero-order valence-electron chi connectivity index (χ0n) is 17.4. The lowest BCUT2D eigenvalue weighted by molar-refractivity contribution is -0.132. The zero-order chi connectivity index (χ0) is 20.4. The van der Waals surface area contributed by atoms with Crippen LogP contribution in [-0.2, 0) is 4.79 Å². The van der Waals surface area contributed by atoms with Crippen molar-refractivity contribution < 1.29 is 4.79 Å². The third-order valence-electron chi connectivity index (χ3n) is 5.91. The maximum atomic E-state index is 12.8. The summed E-state index contributed by atoms with van der Waals surface area (Å²) in [6.45, 7) is 7.29. The minimum atomic E-state index is 0.222. The summed E-state index contributed by atoms with van der Waals surface area (Å²) in [4.78, 5) is 19.4. The van der Waals surface area contributed by atoms with E-state index in [4.69, 9.17) is 5.10 Å². The quantitative estimate of drug-likeness (QED) is 0.564. The lowest BCUT2D eigenvalue weighted by Crippen LogP contribution is -2.44. The van der Waals surface area contributed by atoms with Gasteiger partial charge in [-0.2, -0.15) is 5.10 Å². The normalized spacial score (nSPS) is 17.1. The van der Waals surface area contributed by atoms with Crippen LogP contribution < -0.4 is 0 Å². The number of carbonyl (C=O) groups is 1. The Morgan fingerprint density at radius 1 is 1.21 bits per heavy atom. The predicted molar refractivity (Wildman–Crippen MR) is 118 cm³/mol. The van der Waals surface area contributed by atoms with Crippen LogP contribution in [0.4, 0.5) is 0 Å². The smallest absolute Gasteiger partial charge is 0.233 e. The highest BCUT2D eigenvalue weighted by Gasteiger charge is 2.25. The fourth-order valence-electron chi connectivity index (χ4n) is 4.02. The number of aromatic nitrogens is 3. The van der Waals surface area contributed by atoms with Crippen molar-refractivity contribution in [2.75, 3.05) is 12.3 Å². The van der Waals surface area contributed by atoms with Gasteiger partial charge >= 0.3 is 0 Å². The number of rotatable bonds is 5. The van der Waals surface area contributed by atoms with Crippen LogP contribution in [-0.4, -0.2) is 43.7 Å². The van der Waals surface area contributed by atoms with Gasteiger partial charge in [-0.05, 0) is 62.8 Å². The molecule has 3 aromatic rings. The van der Waals surface area contributed by atoms with Crippen LogP contribution in [0.3, 0.4) is 0 Å². The van der Waals surface area contributed by atoms with E-state index in [1.807, 2.05) is 10.7 Å². The SMILES string of the molecule is CC[C@H]1CCCCN1C(=O)CSc1nccn2nc(-c3ccc(C)c(C)c3)cc12. The molecule has 29 heavy (non-hydrogen) atoms. The Morgan fingerprint density at radius 3 is 2.86 bits per heavy atom. The summed E-state index contributed by atoms with van der Waals surface area (Å²) in [6, 6.07) is 8.87. The van der Waals surface area contributed by atoms with Gasteiger partial charge in [0.05, 0.1) is 17.0 Å². The summed E-state index contributed by atoms with van der Waals surface area (Å²) in [5, 5.41) is 5.58. The van der Waals surface area contributed by atoms with Crippen molar-refractivity contribution in [3.05, 3.63) is 47.8 Å². The van der Waals surface area contributed by atoms with Gasteiger partial charge in [-0.3, -0.25) is 4.79 Å². The molecule has 0 N–H and O–H groups in total. The molecule has 1 fully saturated rings. The summed E-state index contributed by atoms with van der Waals surface area (Å²) in [5.74, 6) is 0.645. The van der Waals surface area contributed by atoms with E-state index in [1.165, 1.54) is 29.3 Å². The number of fused-ring (bicyclic) bond motifs is 1. The van der Waals surface area contributed by atoms with Crippen molar-refractivity contribution in [3.63, 3.8) is 0 Å². The summed E-state index contributed by atoms with van der Waals surface area (Å²) in [7, 11) is 0. The van der Waals surface area contributed by atoms with Gasteiger partial charge in [-0.1, -0.05) is 30.8 Å². The second kappa shape index (κ2) is 8.57. The molecule has 0 radical (unpaired) electrons. The number of nitrogens with zero attached hydrogens (tertiary/aromatic N) is 4. The largest absolute Gasteiger partial charge is 0.339 e. The average molecular weight is 409 g/mol. The van der Waals surface area contributed by atoms with Gasteiger partial charge in [0.1, 0.15) is 5.03 Å². The first-order valence-corrected chi connectivity index (χ1v) is 11.4. The van der Waals surface area contributed by atoms with Gasteiger partial charge in [0.2, 0.25) is 5.91 Å². The highest BCUT2D eigenvalue weighted by atomic mass is 32.2. The monoisotopic (exact) mass is 408 g/mol. The Balaban J connectivity index is 1.54. The minimum absolute atomic E-state index is 0.222. The number of aryl methyl sites for hydroxylation is 2. The van der Waals surface area contributed by atoms with Gasteiger partial charge in [-0.25, -0.2) is 9.50 Å². The molecule has 0 spiro atoms. The second-order valence-corrected chi connectivity index (χ2v) is 8.79. The fourth-order valence-corrected chi connectivity index (χ4v) is 4.88. The summed E-state index contributed by atoms with van der Waals surface area (Å²) in [5.41, 5.74) is 5.51. The molecule has 0 bridgehead atoms. The molecule has 1 aliphatic rings. The maximum Gasteiger partial charge on any atom is 0.233 e. The molecule has 0 saturated carbocycles. The molecule has 1 aliphatic heterocycles. The molecule has 152 valence electrons. The Kier molecular flexibility index (Phi) is 5.90. The Labute approximate surface area is 176 Å². The topological polar surface area (TPSA) is 50.5 Å². The van der Waals surface area contributed by atoms with Crippen molar-refractivity contribution in [1.29, 1.82) is 0 Å². The minimum Gasteiger partial charge on any atom is -0.339 e. The second-order valence-electron chi connectivity index (χ2n) is 7.82. The molecule has 1 atom stereocenters. The molecule has 1 aromatic carbocycles. The molecular formula is C23H28N4OS. The predicted octanol–water partition coefficient (Wildman–Crippen LogP) is 4.90. The van der Waals surface area contributed by atoms with E-state index in [0.717, 1.165) is 47.6 Å². The number of carbonyl (C=O) groups excluding carboxylic acids is 1. The molecule has 2 aromatic heterocycles. The van der Waals surface area contributed by atoms with Crippen molar-refractivity contribution in [3.8, 4) is 11.3 Å². The molecule has 3 heterocycles. The number of hydrogen-bond donors (Lipinski definition) is 0. The van der Waals surface area contributed by atoms with Gasteiger partial charge in [0.15, 0.2) is 0 Å². The van der Waals surface area contributed by atoms with Crippen LogP contribution in [0.2, 0.25) is 0 Å². The third kappa shape index (κ3) is 4.17. The fraction of sp³-hybridized carbons (Fsp3) is 0.435. The van der Waals surface area contributed by atoms with E-state index >= 15 is 0 Å². The molecule has 6 heteroatoms. The highest BCUT2D eigenvalue weighted by molar-refractivity contribution is 8.00. The van der Waals surface area contributed by atoms with Crippen LogP contribution in [0, 0.1) is 13.8 Å². The molecule has 4 rings (SSSR count). The number of thioether (sulfide) groups is 1. The molecular weight excluding hydrogens is 380 g/mol. The van der Waals surface area contributed by atoms with E-state index in [2.05, 4.69) is 54.9 Å². The van der Waals surface area contributed by atoms with Crippen LogP contribution in [0.25, 0.3) is 16.8 Å². The van der Waals surface area contributed by atoms with Gasteiger partial charge in [-0.15, -0.1) is 0 Å². The lowest BCUT2D eigenvalue weighted by atomic mass is 10.0. The van der Waals surface area contributed by atoms with Crippen LogP contribution in [0.1, 0.15) is 43.7 Å². The van der Waals surface area contributed by atoms with E-state index in [-0.39, 0.29) is 5.91 Å². The zero-order valence-corrected chi connectivity index (χ0v) is 18.2. The summed E-state index contributed by atoms with van der Waals surface area (Å²) >= 11 is 1.52. The average Bonchev–Trinajstić information content (AvgIpc) is 3.19. The Hall–Kier alpha value is -2.34. The van der Waals surface area contributed by atoms with Gasteiger partial charge in [0.25, 0.3) is 0 Å². The lowest BCUT2D eigenvalue weighted by Gasteiger charge is -2.35. The molecule has 5 nitrogen and oxygen atoms in total. The van der Waals surface area contributed by atoms with E-state index in [0.29, 0.717) is 11.8 Å². The van der Waals surface area contributed by atoms with Crippen LogP contribution >= 0.6 is 11.8 Å². The van der Waals surface area contributed by atoms with E-state index in [1.54, 1.807) is 6.20 Å². The van der Waals surface area contributed by atoms with Crippen LogP contribution in [0.15, 0.2) is 41.7 Å². The van der Waals surface area contributed by atoms with Crippen molar-refractivity contribution in [1.82, 2.24) is 19.5 Å². The molecule has 1 amide bonds.